The third kappa shape index (κ3) is 1.87. The molecular formula is C24H17ClO. The molecule has 2 heteroatoms. The van der Waals surface area contributed by atoms with E-state index in [2.05, 4.69) is 66.8 Å². The highest BCUT2D eigenvalue weighted by molar-refractivity contribution is 6.50. The van der Waals surface area contributed by atoms with Crippen molar-refractivity contribution in [1.29, 1.82) is 0 Å². The van der Waals surface area contributed by atoms with Crippen LogP contribution in [0.3, 0.4) is 0 Å². The lowest BCUT2D eigenvalue weighted by atomic mass is 9.69. The molecule has 3 aliphatic rings. The Morgan fingerprint density at radius 1 is 0.962 bits per heavy atom. The molecule has 1 heterocycles. The quantitative estimate of drug-likeness (QED) is 0.419. The summed E-state index contributed by atoms with van der Waals surface area (Å²) in [5.41, 5.74) is 4.73. The van der Waals surface area contributed by atoms with Crippen LogP contribution < -0.4 is 0 Å². The first-order valence-corrected chi connectivity index (χ1v) is 9.59. The summed E-state index contributed by atoms with van der Waals surface area (Å²) < 4.78 is 6.58. The predicted octanol–water partition coefficient (Wildman–Crippen LogP) is 7.10. The standard InChI is InChI=1S/C24H17ClO/c25-20-13-16-10-9-14-5-1-3-7-17(14)21(16)24-22(20)19-12-11-15-6-2-4-8-18(15)23(19)26-24/h1-2,4-6,8-13,17,21H,3,7H2. The molecule has 1 aromatic heterocycles. The van der Waals surface area contributed by atoms with Crippen LogP contribution in [-0.4, -0.2) is 0 Å². The predicted molar refractivity (Wildman–Crippen MR) is 108 cm³/mol. The second kappa shape index (κ2) is 5.25. The number of halogens is 1. The van der Waals surface area contributed by atoms with E-state index in [4.69, 9.17) is 16.0 Å². The van der Waals surface area contributed by atoms with Gasteiger partial charge in [0.25, 0.3) is 0 Å². The molecule has 0 N–H and O–H groups in total. The van der Waals surface area contributed by atoms with Gasteiger partial charge in [0.15, 0.2) is 0 Å². The summed E-state index contributed by atoms with van der Waals surface area (Å²) in [5.74, 6) is 1.79. The minimum Gasteiger partial charge on any atom is -0.459 e. The number of furan rings is 1. The molecule has 3 aromatic rings. The highest BCUT2D eigenvalue weighted by Gasteiger charge is 2.38. The van der Waals surface area contributed by atoms with Crippen molar-refractivity contribution in [3.05, 3.63) is 89.2 Å². The molecule has 126 valence electrons. The molecule has 0 amide bonds. The molecule has 2 unspecified atom stereocenters. The summed E-state index contributed by atoms with van der Waals surface area (Å²) in [5, 5.41) is 4.28. The number of hydrogen-bond acceptors (Lipinski definition) is 1. The maximum absolute atomic E-state index is 6.74. The summed E-state index contributed by atoms with van der Waals surface area (Å²) >= 11 is 6.74. The highest BCUT2D eigenvalue weighted by atomic mass is 35.5. The summed E-state index contributed by atoms with van der Waals surface area (Å²) in [4.78, 5) is 0. The largest absolute Gasteiger partial charge is 0.459 e. The van der Waals surface area contributed by atoms with Crippen LogP contribution in [0.4, 0.5) is 0 Å². The molecule has 1 nitrogen and oxygen atoms in total. The van der Waals surface area contributed by atoms with Gasteiger partial charge in [0, 0.05) is 22.3 Å². The molecule has 0 bridgehead atoms. The number of benzene rings is 2. The Balaban J connectivity index is 1.67. The molecule has 2 aromatic carbocycles. The zero-order valence-corrected chi connectivity index (χ0v) is 15.0. The Hall–Kier alpha value is -2.51. The van der Waals surface area contributed by atoms with E-state index in [1.54, 1.807) is 0 Å². The van der Waals surface area contributed by atoms with Crippen LogP contribution in [0.1, 0.15) is 30.1 Å². The fourth-order valence-corrected chi connectivity index (χ4v) is 5.17. The van der Waals surface area contributed by atoms with Crippen molar-refractivity contribution in [3.8, 4) is 0 Å². The fourth-order valence-electron chi connectivity index (χ4n) is 4.85. The summed E-state index contributed by atoms with van der Waals surface area (Å²) in [7, 11) is 0. The van der Waals surface area contributed by atoms with Crippen molar-refractivity contribution in [3.63, 3.8) is 0 Å². The number of hydrogen-bond donors (Lipinski definition) is 0. The normalized spacial score (nSPS) is 23.8. The van der Waals surface area contributed by atoms with E-state index < -0.39 is 0 Å². The van der Waals surface area contributed by atoms with Crippen molar-refractivity contribution in [1.82, 2.24) is 0 Å². The molecule has 0 radical (unpaired) electrons. The Morgan fingerprint density at radius 2 is 1.85 bits per heavy atom. The van der Waals surface area contributed by atoms with E-state index in [1.165, 1.54) is 16.5 Å². The van der Waals surface area contributed by atoms with Gasteiger partial charge in [-0.15, -0.1) is 0 Å². The summed E-state index contributed by atoms with van der Waals surface area (Å²) in [6.07, 6.45) is 13.4. The van der Waals surface area contributed by atoms with Crippen molar-refractivity contribution >= 4 is 38.4 Å². The van der Waals surface area contributed by atoms with Crippen LogP contribution in [0.25, 0.3) is 26.8 Å². The van der Waals surface area contributed by atoms with Gasteiger partial charge in [-0.25, -0.2) is 0 Å². The van der Waals surface area contributed by atoms with E-state index in [9.17, 15) is 0 Å². The molecule has 0 saturated heterocycles. The molecule has 3 aliphatic carbocycles. The maximum atomic E-state index is 6.74. The van der Waals surface area contributed by atoms with Crippen molar-refractivity contribution in [2.45, 2.75) is 18.8 Å². The smallest absolute Gasteiger partial charge is 0.142 e. The molecule has 26 heavy (non-hydrogen) atoms. The van der Waals surface area contributed by atoms with E-state index >= 15 is 0 Å². The van der Waals surface area contributed by atoms with Crippen LogP contribution in [0.5, 0.6) is 0 Å². The molecule has 6 rings (SSSR count). The first kappa shape index (κ1) is 14.6. The zero-order chi connectivity index (χ0) is 17.3. The Kier molecular flexibility index (Phi) is 2.95. The average Bonchev–Trinajstić information content (AvgIpc) is 3.08. The van der Waals surface area contributed by atoms with Crippen molar-refractivity contribution < 1.29 is 4.42 Å². The SMILES string of the molecule is ClC1=CC2=CC=C3C=CCCC3C2c2oc3c(ccc4ccccc43)c21. The van der Waals surface area contributed by atoms with Gasteiger partial charge in [-0.05, 0) is 47.4 Å². The van der Waals surface area contributed by atoms with Crippen LogP contribution in [0.2, 0.25) is 0 Å². The lowest BCUT2D eigenvalue weighted by Gasteiger charge is -2.35. The van der Waals surface area contributed by atoms with Gasteiger partial charge in [0.2, 0.25) is 0 Å². The van der Waals surface area contributed by atoms with Gasteiger partial charge >= 0.3 is 0 Å². The van der Waals surface area contributed by atoms with Gasteiger partial charge in [0.1, 0.15) is 11.3 Å². The van der Waals surface area contributed by atoms with E-state index in [0.717, 1.165) is 45.6 Å². The minimum absolute atomic E-state index is 0.267. The van der Waals surface area contributed by atoms with Gasteiger partial charge < -0.3 is 4.42 Å². The maximum Gasteiger partial charge on any atom is 0.142 e. The molecule has 0 fully saturated rings. The van der Waals surface area contributed by atoms with Gasteiger partial charge in [0.05, 0.1) is 5.03 Å². The number of fused-ring (bicyclic) bond motifs is 9. The Morgan fingerprint density at radius 3 is 2.81 bits per heavy atom. The minimum atomic E-state index is 0.267. The van der Waals surface area contributed by atoms with Crippen LogP contribution in [0.15, 0.2) is 82.3 Å². The molecule has 0 saturated carbocycles. The summed E-state index contributed by atoms with van der Waals surface area (Å²) in [6, 6.07) is 12.7. The first-order chi connectivity index (χ1) is 12.8. The van der Waals surface area contributed by atoms with E-state index in [1.807, 2.05) is 0 Å². The van der Waals surface area contributed by atoms with Gasteiger partial charge in [-0.1, -0.05) is 66.2 Å². The van der Waals surface area contributed by atoms with E-state index in [-0.39, 0.29) is 5.92 Å². The van der Waals surface area contributed by atoms with Crippen LogP contribution in [0, 0.1) is 5.92 Å². The van der Waals surface area contributed by atoms with E-state index in [0.29, 0.717) is 5.92 Å². The fraction of sp³-hybridized carbons (Fsp3) is 0.167. The third-order valence-electron chi connectivity index (χ3n) is 6.03. The second-order valence-corrected chi connectivity index (χ2v) is 7.80. The Labute approximate surface area is 156 Å². The number of rotatable bonds is 0. The topological polar surface area (TPSA) is 13.1 Å². The van der Waals surface area contributed by atoms with Crippen LogP contribution in [-0.2, 0) is 0 Å². The lowest BCUT2D eigenvalue weighted by molar-refractivity contribution is 0.420. The van der Waals surface area contributed by atoms with Crippen molar-refractivity contribution in [2.75, 3.05) is 0 Å². The second-order valence-electron chi connectivity index (χ2n) is 7.39. The van der Waals surface area contributed by atoms with Crippen LogP contribution >= 0.6 is 11.6 Å². The monoisotopic (exact) mass is 356 g/mol. The average molecular weight is 357 g/mol. The van der Waals surface area contributed by atoms with Gasteiger partial charge in [-0.3, -0.25) is 0 Å². The zero-order valence-electron chi connectivity index (χ0n) is 14.2. The lowest BCUT2D eigenvalue weighted by Crippen LogP contribution is -2.22. The highest BCUT2D eigenvalue weighted by Crippen LogP contribution is 2.53. The summed E-state index contributed by atoms with van der Waals surface area (Å²) in [6.45, 7) is 0. The molecular weight excluding hydrogens is 340 g/mol. The first-order valence-electron chi connectivity index (χ1n) is 9.21. The number of allylic oxidation sites excluding steroid dienone is 7. The molecule has 0 spiro atoms. The third-order valence-corrected chi connectivity index (χ3v) is 6.33. The molecule has 0 aliphatic heterocycles. The Bertz CT molecular complexity index is 1200. The van der Waals surface area contributed by atoms with Crippen molar-refractivity contribution in [2.24, 2.45) is 5.92 Å². The van der Waals surface area contributed by atoms with Gasteiger partial charge in [-0.2, -0.15) is 0 Å². The molecule has 2 atom stereocenters.